The number of halogens is 1. The molecule has 1 aliphatic rings. The van der Waals surface area contributed by atoms with E-state index < -0.39 is 4.92 Å². The Bertz CT molecular complexity index is 1280. The first-order valence-electron chi connectivity index (χ1n) is 9.57. The molecule has 32 heavy (non-hydrogen) atoms. The summed E-state index contributed by atoms with van der Waals surface area (Å²) < 4.78 is 11.3. The zero-order valence-electron chi connectivity index (χ0n) is 16.8. The van der Waals surface area contributed by atoms with Gasteiger partial charge >= 0.3 is 0 Å². The minimum Gasteiger partial charge on any atom is -0.485 e. The lowest BCUT2D eigenvalue weighted by Crippen LogP contribution is -2.11. The summed E-state index contributed by atoms with van der Waals surface area (Å²) in [6.07, 6.45) is 1.46. The van der Waals surface area contributed by atoms with Crippen LogP contribution in [0.3, 0.4) is 0 Å². The van der Waals surface area contributed by atoms with E-state index in [1.54, 1.807) is 49.4 Å². The molecule has 0 N–H and O–H groups in total. The quantitative estimate of drug-likeness (QED) is 0.215. The van der Waals surface area contributed by atoms with Crippen LogP contribution in [0.4, 0.5) is 5.69 Å². The molecule has 0 saturated carbocycles. The van der Waals surface area contributed by atoms with Crippen molar-refractivity contribution >= 4 is 34.9 Å². The first-order chi connectivity index (χ1) is 15.3. The highest BCUT2D eigenvalue weighted by atomic mass is 35.5. The second kappa shape index (κ2) is 8.64. The molecule has 0 unspecified atom stereocenters. The first kappa shape index (κ1) is 21.3. The number of aryl methyl sites for hydroxylation is 1. The van der Waals surface area contributed by atoms with Crippen LogP contribution in [0.2, 0.25) is 5.02 Å². The van der Waals surface area contributed by atoms with Crippen molar-refractivity contribution in [2.24, 2.45) is 0 Å². The molecule has 0 spiro atoms. The summed E-state index contributed by atoms with van der Waals surface area (Å²) in [5.74, 6) is 0.197. The Labute approximate surface area is 188 Å². The Morgan fingerprint density at radius 3 is 2.62 bits per heavy atom. The number of non-ortho nitro benzene ring substituents is 1. The normalized spacial score (nSPS) is 13.6. The summed E-state index contributed by atoms with van der Waals surface area (Å²) in [5, 5.41) is 11.5. The van der Waals surface area contributed by atoms with Crippen molar-refractivity contribution in [2.45, 2.75) is 6.92 Å². The van der Waals surface area contributed by atoms with Crippen LogP contribution in [0.1, 0.15) is 31.8 Å². The molecule has 4 rings (SSSR count). The average molecular weight is 450 g/mol. The van der Waals surface area contributed by atoms with Gasteiger partial charge in [0.1, 0.15) is 11.5 Å². The number of ether oxygens (including phenoxy) is 2. The smallest absolute Gasteiger partial charge is 0.270 e. The summed E-state index contributed by atoms with van der Waals surface area (Å²) in [5.41, 5.74) is 1.88. The molecule has 1 aliphatic heterocycles. The van der Waals surface area contributed by atoms with Gasteiger partial charge in [-0.15, -0.1) is 0 Å². The van der Waals surface area contributed by atoms with Gasteiger partial charge in [0.2, 0.25) is 5.78 Å². The molecule has 0 fully saturated rings. The van der Waals surface area contributed by atoms with Crippen LogP contribution in [0.15, 0.2) is 66.4 Å². The Kier molecular flexibility index (Phi) is 5.75. The van der Waals surface area contributed by atoms with Crippen LogP contribution in [-0.4, -0.2) is 23.1 Å². The Morgan fingerprint density at radius 1 is 1.16 bits per heavy atom. The van der Waals surface area contributed by atoms with Gasteiger partial charge in [-0.05, 0) is 54.5 Å². The molecular formula is C24H16ClNO6. The number of fused-ring (bicyclic) bond motifs is 1. The van der Waals surface area contributed by atoms with E-state index >= 15 is 0 Å². The SMILES string of the molecule is Cc1cc(OCC(=O)c2ccc(Cl)cc2)cc2c1C(=O)/C(=C/c1cccc([N+](=O)[O-])c1)O2. The van der Waals surface area contributed by atoms with Gasteiger partial charge in [0.25, 0.3) is 5.69 Å². The summed E-state index contributed by atoms with van der Waals surface area (Å²) in [4.78, 5) is 35.6. The monoisotopic (exact) mass is 449 g/mol. The second-order valence-electron chi connectivity index (χ2n) is 7.12. The number of ketones is 2. The highest BCUT2D eigenvalue weighted by Gasteiger charge is 2.30. The van der Waals surface area contributed by atoms with Gasteiger partial charge in [-0.25, -0.2) is 0 Å². The number of Topliss-reactive ketones (excluding diaryl/α,β-unsaturated/α-hetero) is 2. The molecule has 0 bridgehead atoms. The van der Waals surface area contributed by atoms with E-state index in [9.17, 15) is 19.7 Å². The van der Waals surface area contributed by atoms with Crippen LogP contribution in [0, 0.1) is 17.0 Å². The molecule has 1 heterocycles. The van der Waals surface area contributed by atoms with E-state index in [1.165, 1.54) is 24.3 Å². The number of carbonyl (C=O) groups is 2. The van der Waals surface area contributed by atoms with Gasteiger partial charge in [-0.2, -0.15) is 0 Å². The maximum Gasteiger partial charge on any atom is 0.270 e. The van der Waals surface area contributed by atoms with E-state index in [2.05, 4.69) is 0 Å². The fourth-order valence-electron chi connectivity index (χ4n) is 3.31. The lowest BCUT2D eigenvalue weighted by Gasteiger charge is -2.09. The number of benzene rings is 3. The molecule has 0 radical (unpaired) electrons. The second-order valence-corrected chi connectivity index (χ2v) is 7.56. The number of hydrogen-bond donors (Lipinski definition) is 0. The molecule has 0 aliphatic carbocycles. The fourth-order valence-corrected chi connectivity index (χ4v) is 3.43. The molecule has 0 saturated heterocycles. The zero-order chi connectivity index (χ0) is 22.8. The number of rotatable bonds is 6. The lowest BCUT2D eigenvalue weighted by molar-refractivity contribution is -0.384. The topological polar surface area (TPSA) is 95.7 Å². The Balaban J connectivity index is 1.53. The fraction of sp³-hybridized carbons (Fsp3) is 0.0833. The van der Waals surface area contributed by atoms with E-state index in [0.29, 0.717) is 38.8 Å². The molecule has 8 heteroatoms. The predicted molar refractivity (Wildman–Crippen MR) is 118 cm³/mol. The van der Waals surface area contributed by atoms with Gasteiger partial charge in [0.05, 0.1) is 10.5 Å². The minimum atomic E-state index is -0.507. The number of nitrogens with zero attached hydrogens (tertiary/aromatic N) is 1. The summed E-state index contributed by atoms with van der Waals surface area (Å²) in [6.45, 7) is 1.55. The Morgan fingerprint density at radius 2 is 1.91 bits per heavy atom. The van der Waals surface area contributed by atoms with Gasteiger partial charge < -0.3 is 9.47 Å². The third kappa shape index (κ3) is 4.38. The third-order valence-electron chi connectivity index (χ3n) is 4.86. The largest absolute Gasteiger partial charge is 0.485 e. The van der Waals surface area contributed by atoms with Gasteiger partial charge in [0, 0.05) is 28.8 Å². The summed E-state index contributed by atoms with van der Waals surface area (Å²) >= 11 is 5.84. The predicted octanol–water partition coefficient (Wildman–Crippen LogP) is 5.43. The standard InChI is InChI=1S/C24H16ClNO6/c1-14-9-19(31-13-20(27)16-5-7-17(25)8-6-16)12-21-23(14)24(28)22(32-21)11-15-3-2-4-18(10-15)26(29)30/h2-12H,13H2,1H3/b22-11-. The van der Waals surface area contributed by atoms with Crippen LogP contribution >= 0.6 is 11.6 Å². The molecule has 160 valence electrons. The van der Waals surface area contributed by atoms with E-state index in [0.717, 1.165) is 0 Å². The minimum absolute atomic E-state index is 0.0537. The molecular weight excluding hydrogens is 434 g/mol. The number of nitro benzene ring substituents is 1. The van der Waals surface area contributed by atoms with Crippen molar-refractivity contribution in [2.75, 3.05) is 6.61 Å². The highest BCUT2D eigenvalue weighted by molar-refractivity contribution is 6.30. The van der Waals surface area contributed by atoms with Crippen LogP contribution in [0.25, 0.3) is 6.08 Å². The van der Waals surface area contributed by atoms with Crippen molar-refractivity contribution in [1.29, 1.82) is 0 Å². The number of hydrogen-bond acceptors (Lipinski definition) is 6. The van der Waals surface area contributed by atoms with E-state index in [4.69, 9.17) is 21.1 Å². The van der Waals surface area contributed by atoms with Crippen molar-refractivity contribution in [3.63, 3.8) is 0 Å². The molecule has 0 atom stereocenters. The Hall–Kier alpha value is -3.97. The highest BCUT2D eigenvalue weighted by Crippen LogP contribution is 2.37. The van der Waals surface area contributed by atoms with Crippen molar-refractivity contribution in [3.05, 3.63) is 104 Å². The molecule has 3 aromatic rings. The molecule has 7 nitrogen and oxygen atoms in total. The van der Waals surface area contributed by atoms with Gasteiger partial charge in [-0.1, -0.05) is 23.7 Å². The van der Waals surface area contributed by atoms with Crippen LogP contribution in [-0.2, 0) is 0 Å². The molecule has 0 amide bonds. The van der Waals surface area contributed by atoms with E-state index in [1.807, 2.05) is 0 Å². The maximum absolute atomic E-state index is 12.8. The van der Waals surface area contributed by atoms with Crippen LogP contribution < -0.4 is 9.47 Å². The first-order valence-corrected chi connectivity index (χ1v) is 9.94. The molecule has 0 aromatic heterocycles. The maximum atomic E-state index is 12.8. The third-order valence-corrected chi connectivity index (χ3v) is 5.11. The van der Waals surface area contributed by atoms with Gasteiger partial charge in [0.15, 0.2) is 18.1 Å². The average Bonchev–Trinajstić information content (AvgIpc) is 3.08. The lowest BCUT2D eigenvalue weighted by atomic mass is 10.0. The summed E-state index contributed by atoms with van der Waals surface area (Å²) in [7, 11) is 0. The van der Waals surface area contributed by atoms with Gasteiger partial charge in [-0.3, -0.25) is 19.7 Å². The van der Waals surface area contributed by atoms with Crippen molar-refractivity contribution in [1.82, 2.24) is 0 Å². The number of nitro groups is 1. The van der Waals surface area contributed by atoms with Crippen molar-refractivity contribution < 1.29 is 24.0 Å². The summed E-state index contributed by atoms with van der Waals surface area (Å²) in [6, 6.07) is 15.6. The van der Waals surface area contributed by atoms with Crippen LogP contribution in [0.5, 0.6) is 11.5 Å². The number of allylic oxidation sites excluding steroid dienone is 1. The van der Waals surface area contributed by atoms with E-state index in [-0.39, 0.29) is 29.6 Å². The van der Waals surface area contributed by atoms with Crippen molar-refractivity contribution in [3.8, 4) is 11.5 Å². The zero-order valence-corrected chi connectivity index (χ0v) is 17.6. The number of carbonyl (C=O) groups excluding carboxylic acids is 2. The molecule has 3 aromatic carbocycles.